The normalized spacial score (nSPS) is 11.7. The third kappa shape index (κ3) is 5.56. The van der Waals surface area contributed by atoms with Gasteiger partial charge in [-0.2, -0.15) is 0 Å². The van der Waals surface area contributed by atoms with Crippen LogP contribution in [0.15, 0.2) is 72.8 Å². The van der Waals surface area contributed by atoms with E-state index < -0.39 is 23.7 Å². The molecule has 0 aromatic heterocycles. The van der Waals surface area contributed by atoms with Crippen molar-refractivity contribution in [2.45, 2.75) is 39.0 Å². The van der Waals surface area contributed by atoms with E-state index in [-0.39, 0.29) is 11.1 Å². The lowest BCUT2D eigenvalue weighted by Crippen LogP contribution is -2.17. The minimum atomic E-state index is -5.01. The Hall–Kier alpha value is -3.41. The van der Waals surface area contributed by atoms with Crippen LogP contribution in [0.2, 0.25) is 0 Å². The molecule has 4 aromatic rings. The molecule has 34 heavy (non-hydrogen) atoms. The number of fused-ring (bicyclic) bond motifs is 1. The Morgan fingerprint density at radius 3 is 2.03 bits per heavy atom. The SMILES string of the molecule is CCCCCc1ccc2cc(-c3ccc(-c4ccc(OC(F)(F)F)c(F)c4)c(F)c3)ccc2c1. The highest BCUT2D eigenvalue weighted by atomic mass is 19.4. The third-order valence-corrected chi connectivity index (χ3v) is 5.74. The Labute approximate surface area is 194 Å². The summed E-state index contributed by atoms with van der Waals surface area (Å²) < 4.78 is 69.6. The number of aryl methyl sites for hydroxylation is 1. The second-order valence-electron chi connectivity index (χ2n) is 8.24. The minimum Gasteiger partial charge on any atom is -0.403 e. The van der Waals surface area contributed by atoms with Gasteiger partial charge in [-0.05, 0) is 70.1 Å². The van der Waals surface area contributed by atoms with Gasteiger partial charge in [0.2, 0.25) is 0 Å². The van der Waals surface area contributed by atoms with Crippen molar-refractivity contribution in [3.05, 3.63) is 90.0 Å². The predicted molar refractivity (Wildman–Crippen MR) is 125 cm³/mol. The van der Waals surface area contributed by atoms with Crippen molar-refractivity contribution in [2.24, 2.45) is 0 Å². The molecule has 0 aliphatic rings. The van der Waals surface area contributed by atoms with Crippen molar-refractivity contribution < 1.29 is 26.7 Å². The van der Waals surface area contributed by atoms with Crippen LogP contribution < -0.4 is 4.74 Å². The van der Waals surface area contributed by atoms with E-state index in [0.29, 0.717) is 5.56 Å². The molecule has 0 spiro atoms. The fraction of sp³-hybridized carbons (Fsp3) is 0.214. The van der Waals surface area contributed by atoms with Crippen molar-refractivity contribution in [1.29, 1.82) is 0 Å². The van der Waals surface area contributed by atoms with Crippen molar-refractivity contribution in [3.8, 4) is 28.0 Å². The van der Waals surface area contributed by atoms with E-state index in [2.05, 4.69) is 29.9 Å². The van der Waals surface area contributed by atoms with Gasteiger partial charge in [-0.25, -0.2) is 8.78 Å². The van der Waals surface area contributed by atoms with E-state index >= 15 is 0 Å². The first-order valence-electron chi connectivity index (χ1n) is 11.1. The average Bonchev–Trinajstić information content (AvgIpc) is 2.79. The molecule has 4 rings (SSSR count). The number of alkyl halides is 3. The molecule has 0 bridgehead atoms. The number of benzene rings is 4. The molecule has 0 aliphatic heterocycles. The van der Waals surface area contributed by atoms with Crippen LogP contribution in [0.3, 0.4) is 0 Å². The average molecular weight is 470 g/mol. The minimum absolute atomic E-state index is 0.0821. The fourth-order valence-corrected chi connectivity index (χ4v) is 4.01. The summed E-state index contributed by atoms with van der Waals surface area (Å²) in [5.41, 5.74) is 2.97. The van der Waals surface area contributed by atoms with Crippen molar-refractivity contribution in [3.63, 3.8) is 0 Å². The van der Waals surface area contributed by atoms with Crippen LogP contribution >= 0.6 is 0 Å². The van der Waals surface area contributed by atoms with Gasteiger partial charge in [0.1, 0.15) is 5.82 Å². The van der Waals surface area contributed by atoms with Crippen molar-refractivity contribution >= 4 is 10.8 Å². The van der Waals surface area contributed by atoms with Gasteiger partial charge in [0.25, 0.3) is 0 Å². The molecule has 0 saturated heterocycles. The summed E-state index contributed by atoms with van der Waals surface area (Å²) in [5, 5.41) is 2.16. The second-order valence-corrected chi connectivity index (χ2v) is 8.24. The first-order valence-corrected chi connectivity index (χ1v) is 11.1. The number of halogens is 5. The topological polar surface area (TPSA) is 9.23 Å². The van der Waals surface area contributed by atoms with Gasteiger partial charge in [0, 0.05) is 5.56 Å². The van der Waals surface area contributed by atoms with E-state index in [0.717, 1.165) is 41.3 Å². The van der Waals surface area contributed by atoms with Crippen LogP contribution in [0.25, 0.3) is 33.0 Å². The summed E-state index contributed by atoms with van der Waals surface area (Å²) in [6.07, 6.45) is -0.419. The summed E-state index contributed by atoms with van der Waals surface area (Å²) in [7, 11) is 0. The maximum absolute atomic E-state index is 14.9. The zero-order valence-corrected chi connectivity index (χ0v) is 18.6. The van der Waals surface area contributed by atoms with Crippen molar-refractivity contribution in [1.82, 2.24) is 0 Å². The quantitative estimate of drug-likeness (QED) is 0.193. The van der Waals surface area contributed by atoms with Gasteiger partial charge >= 0.3 is 6.36 Å². The number of hydrogen-bond acceptors (Lipinski definition) is 1. The molecule has 0 saturated carbocycles. The molecule has 0 fully saturated rings. The van der Waals surface area contributed by atoms with Gasteiger partial charge in [-0.3, -0.25) is 0 Å². The lowest BCUT2D eigenvalue weighted by Gasteiger charge is -2.12. The highest BCUT2D eigenvalue weighted by Crippen LogP contribution is 2.33. The molecular formula is C28H23F5O. The summed E-state index contributed by atoms with van der Waals surface area (Å²) in [5.74, 6) is -2.78. The van der Waals surface area contributed by atoms with Crippen molar-refractivity contribution in [2.75, 3.05) is 0 Å². The van der Waals surface area contributed by atoms with E-state index in [4.69, 9.17) is 0 Å². The molecule has 1 nitrogen and oxygen atoms in total. The standard InChI is InChI=1S/C28H23F5O/c1-2-3-4-5-18-6-7-20-15-21(9-8-19(20)14-18)22-10-12-24(25(29)16-22)23-11-13-27(26(30)17-23)34-28(31,32)33/h6-17H,2-5H2,1H3. The van der Waals surface area contributed by atoms with Crippen LogP contribution in [0.1, 0.15) is 31.7 Å². The van der Waals surface area contributed by atoms with E-state index in [1.165, 1.54) is 36.6 Å². The number of unbranched alkanes of at least 4 members (excludes halogenated alkanes) is 2. The Balaban J connectivity index is 1.58. The monoisotopic (exact) mass is 470 g/mol. The number of ether oxygens (including phenoxy) is 1. The smallest absolute Gasteiger partial charge is 0.403 e. The molecule has 0 atom stereocenters. The largest absolute Gasteiger partial charge is 0.573 e. The molecule has 0 amide bonds. The van der Waals surface area contributed by atoms with Gasteiger partial charge in [0.15, 0.2) is 11.6 Å². The lowest BCUT2D eigenvalue weighted by molar-refractivity contribution is -0.275. The Kier molecular flexibility index (Phi) is 6.87. The number of rotatable bonds is 7. The first kappa shape index (κ1) is 23.7. The van der Waals surface area contributed by atoms with Crippen LogP contribution in [0, 0.1) is 11.6 Å². The lowest BCUT2D eigenvalue weighted by atomic mass is 9.96. The van der Waals surface area contributed by atoms with E-state index in [1.54, 1.807) is 6.07 Å². The summed E-state index contributed by atoms with van der Waals surface area (Å²) in [6.45, 7) is 2.18. The molecule has 0 radical (unpaired) electrons. The summed E-state index contributed by atoms with van der Waals surface area (Å²) in [4.78, 5) is 0. The second kappa shape index (κ2) is 9.84. The van der Waals surface area contributed by atoms with Gasteiger partial charge in [-0.1, -0.05) is 68.3 Å². The highest BCUT2D eigenvalue weighted by molar-refractivity contribution is 5.88. The molecule has 6 heteroatoms. The zero-order valence-electron chi connectivity index (χ0n) is 18.6. The van der Waals surface area contributed by atoms with Crippen LogP contribution in [-0.4, -0.2) is 6.36 Å². The molecule has 0 unspecified atom stereocenters. The molecule has 176 valence electrons. The first-order chi connectivity index (χ1) is 16.2. The van der Waals surface area contributed by atoms with E-state index in [9.17, 15) is 22.0 Å². The van der Waals surface area contributed by atoms with Gasteiger partial charge in [0.05, 0.1) is 0 Å². The summed E-state index contributed by atoms with van der Waals surface area (Å²) >= 11 is 0. The molecule has 4 aromatic carbocycles. The Morgan fingerprint density at radius 2 is 1.32 bits per heavy atom. The van der Waals surface area contributed by atoms with Gasteiger partial charge in [-0.15, -0.1) is 13.2 Å². The Morgan fingerprint density at radius 1 is 0.676 bits per heavy atom. The molecule has 0 aliphatic carbocycles. The van der Waals surface area contributed by atoms with Crippen LogP contribution in [0.4, 0.5) is 22.0 Å². The van der Waals surface area contributed by atoms with Crippen LogP contribution in [-0.2, 0) is 6.42 Å². The zero-order chi connectivity index (χ0) is 24.3. The molecule has 0 heterocycles. The molecule has 0 N–H and O–H groups in total. The maximum Gasteiger partial charge on any atom is 0.573 e. The van der Waals surface area contributed by atoms with E-state index in [1.807, 2.05) is 18.2 Å². The highest BCUT2D eigenvalue weighted by Gasteiger charge is 2.32. The molecular weight excluding hydrogens is 447 g/mol. The number of hydrogen-bond donors (Lipinski definition) is 0. The van der Waals surface area contributed by atoms with Crippen LogP contribution in [0.5, 0.6) is 5.75 Å². The fourth-order valence-electron chi connectivity index (χ4n) is 4.01. The van der Waals surface area contributed by atoms with Gasteiger partial charge < -0.3 is 4.74 Å². The Bertz CT molecular complexity index is 1310. The predicted octanol–water partition coefficient (Wildman–Crippen LogP) is 9.08. The summed E-state index contributed by atoms with van der Waals surface area (Å²) in [6, 6.07) is 19.7. The third-order valence-electron chi connectivity index (χ3n) is 5.74. The maximum atomic E-state index is 14.9.